The minimum Gasteiger partial charge on any atom is -0.497 e. The molecule has 150 valence electrons. The number of nitrogens with zero attached hydrogens (tertiary/aromatic N) is 3. The van der Waals surface area contributed by atoms with Crippen LogP contribution in [0, 0.1) is 5.82 Å². The molecule has 0 aromatic heterocycles. The summed E-state index contributed by atoms with van der Waals surface area (Å²) in [6.45, 7) is 2.88. The van der Waals surface area contributed by atoms with Crippen molar-refractivity contribution >= 4 is 23.1 Å². The van der Waals surface area contributed by atoms with Crippen LogP contribution in [0.2, 0.25) is 0 Å². The molecule has 0 unspecified atom stereocenters. The highest BCUT2D eigenvalue weighted by Gasteiger charge is 2.42. The number of imide groups is 1. The van der Waals surface area contributed by atoms with Gasteiger partial charge >= 0.3 is 0 Å². The van der Waals surface area contributed by atoms with Crippen molar-refractivity contribution in [2.75, 3.05) is 45.2 Å². The summed E-state index contributed by atoms with van der Waals surface area (Å²) >= 11 is 0. The molecule has 7 heteroatoms. The number of anilines is 1. The summed E-state index contributed by atoms with van der Waals surface area (Å²) in [4.78, 5) is 32.1. The van der Waals surface area contributed by atoms with Gasteiger partial charge in [-0.2, -0.15) is 0 Å². The fourth-order valence-corrected chi connectivity index (χ4v) is 3.68. The molecule has 0 spiro atoms. The average Bonchev–Trinajstić information content (AvgIpc) is 2.99. The molecule has 2 heterocycles. The van der Waals surface area contributed by atoms with Gasteiger partial charge in [-0.15, -0.1) is 0 Å². The number of amides is 2. The van der Waals surface area contributed by atoms with E-state index in [0.717, 1.165) is 13.1 Å². The van der Waals surface area contributed by atoms with Gasteiger partial charge < -0.3 is 14.5 Å². The Kier molecular flexibility index (Phi) is 5.07. The summed E-state index contributed by atoms with van der Waals surface area (Å²) < 4.78 is 18.6. The molecule has 2 aliphatic heterocycles. The smallest absolute Gasteiger partial charge is 0.282 e. The monoisotopic (exact) mass is 395 g/mol. The minimum atomic E-state index is -0.402. The van der Waals surface area contributed by atoms with Crippen LogP contribution in [0.15, 0.2) is 54.2 Å². The Morgan fingerprint density at radius 1 is 0.862 bits per heavy atom. The van der Waals surface area contributed by atoms with Crippen LogP contribution in [0.4, 0.5) is 10.1 Å². The van der Waals surface area contributed by atoms with Crippen LogP contribution < -0.4 is 9.64 Å². The van der Waals surface area contributed by atoms with Gasteiger partial charge in [-0.05, 0) is 49.0 Å². The summed E-state index contributed by atoms with van der Waals surface area (Å²) in [5.74, 6) is -0.511. The fourth-order valence-electron chi connectivity index (χ4n) is 3.68. The molecule has 29 heavy (non-hydrogen) atoms. The van der Waals surface area contributed by atoms with Gasteiger partial charge in [-0.25, -0.2) is 9.29 Å². The topological polar surface area (TPSA) is 53.1 Å². The molecular weight excluding hydrogens is 373 g/mol. The van der Waals surface area contributed by atoms with Crippen molar-refractivity contribution < 1.29 is 18.7 Å². The maximum Gasteiger partial charge on any atom is 0.282 e. The van der Waals surface area contributed by atoms with E-state index in [0.29, 0.717) is 41.4 Å². The molecule has 0 saturated carbocycles. The Bertz CT molecular complexity index is 962. The molecule has 2 amide bonds. The molecule has 6 nitrogen and oxygen atoms in total. The van der Waals surface area contributed by atoms with Crippen LogP contribution in [0.5, 0.6) is 5.75 Å². The number of piperazine rings is 1. The van der Waals surface area contributed by atoms with Crippen molar-refractivity contribution in [2.24, 2.45) is 0 Å². The number of likely N-dealkylation sites (N-methyl/N-ethyl adjacent to an activating group) is 1. The number of ether oxygens (including phenoxy) is 1. The molecule has 0 radical (unpaired) electrons. The number of rotatable bonds is 4. The van der Waals surface area contributed by atoms with E-state index >= 15 is 0 Å². The van der Waals surface area contributed by atoms with E-state index in [-0.39, 0.29) is 11.7 Å². The van der Waals surface area contributed by atoms with Crippen LogP contribution in [-0.4, -0.2) is 62.0 Å². The van der Waals surface area contributed by atoms with E-state index in [9.17, 15) is 14.0 Å². The van der Waals surface area contributed by atoms with Crippen molar-refractivity contribution in [3.63, 3.8) is 0 Å². The van der Waals surface area contributed by atoms with Gasteiger partial charge in [0.25, 0.3) is 11.8 Å². The second-order valence-corrected chi connectivity index (χ2v) is 7.16. The molecule has 0 atom stereocenters. The van der Waals surface area contributed by atoms with Crippen LogP contribution in [-0.2, 0) is 9.59 Å². The normalized spacial score (nSPS) is 18.0. The zero-order valence-corrected chi connectivity index (χ0v) is 16.4. The van der Waals surface area contributed by atoms with Crippen molar-refractivity contribution in [2.45, 2.75) is 0 Å². The Hall–Kier alpha value is -3.19. The fraction of sp³-hybridized carbons (Fsp3) is 0.273. The predicted octanol–water partition coefficient (Wildman–Crippen LogP) is 2.37. The number of halogens is 1. The largest absolute Gasteiger partial charge is 0.497 e. The number of benzene rings is 2. The van der Waals surface area contributed by atoms with Gasteiger partial charge in [0.05, 0.1) is 18.4 Å². The SMILES string of the molecule is COc1ccc(N2C(=O)C(c3ccc(F)cc3)=C(N3CCN(C)CC3)C2=O)cc1. The Balaban J connectivity index is 1.77. The number of carbonyl (C=O) groups is 2. The Morgan fingerprint density at radius 3 is 2.07 bits per heavy atom. The van der Waals surface area contributed by atoms with Crippen LogP contribution in [0.3, 0.4) is 0 Å². The lowest BCUT2D eigenvalue weighted by Gasteiger charge is -2.34. The quantitative estimate of drug-likeness (QED) is 0.744. The zero-order chi connectivity index (χ0) is 20.5. The average molecular weight is 395 g/mol. The molecule has 2 aromatic carbocycles. The number of methoxy groups -OCH3 is 1. The first-order valence-corrected chi connectivity index (χ1v) is 9.46. The van der Waals surface area contributed by atoms with Gasteiger partial charge in [0.2, 0.25) is 0 Å². The number of hydrogen-bond acceptors (Lipinski definition) is 5. The highest BCUT2D eigenvalue weighted by molar-refractivity contribution is 6.45. The Morgan fingerprint density at radius 2 is 1.48 bits per heavy atom. The maximum atomic E-state index is 13.4. The predicted molar refractivity (Wildman–Crippen MR) is 108 cm³/mol. The molecular formula is C22H22FN3O3. The molecule has 0 N–H and O–H groups in total. The number of carbonyl (C=O) groups excluding carboxylic acids is 2. The van der Waals surface area contributed by atoms with Gasteiger partial charge in [0, 0.05) is 26.2 Å². The molecule has 0 bridgehead atoms. The lowest BCUT2D eigenvalue weighted by molar-refractivity contribution is -0.120. The van der Waals surface area contributed by atoms with E-state index in [1.165, 1.54) is 17.0 Å². The second kappa shape index (κ2) is 7.67. The van der Waals surface area contributed by atoms with Crippen molar-refractivity contribution in [1.82, 2.24) is 9.80 Å². The molecule has 1 fully saturated rings. The number of hydrogen-bond donors (Lipinski definition) is 0. The van der Waals surface area contributed by atoms with E-state index in [2.05, 4.69) is 4.90 Å². The third kappa shape index (κ3) is 3.49. The summed E-state index contributed by atoms with van der Waals surface area (Å²) in [7, 11) is 3.58. The zero-order valence-electron chi connectivity index (χ0n) is 16.4. The van der Waals surface area contributed by atoms with Crippen LogP contribution in [0.25, 0.3) is 5.57 Å². The molecule has 2 aliphatic rings. The first kappa shape index (κ1) is 19.1. The van der Waals surface area contributed by atoms with Gasteiger partial charge in [0.15, 0.2) is 0 Å². The first-order valence-electron chi connectivity index (χ1n) is 9.46. The van der Waals surface area contributed by atoms with Crippen LogP contribution in [0.1, 0.15) is 5.56 Å². The lowest BCUT2D eigenvalue weighted by atomic mass is 10.0. The van der Waals surface area contributed by atoms with E-state index in [1.54, 1.807) is 43.5 Å². The molecule has 0 aliphatic carbocycles. The van der Waals surface area contributed by atoms with E-state index in [4.69, 9.17) is 4.74 Å². The maximum absolute atomic E-state index is 13.4. The minimum absolute atomic E-state index is 0.315. The van der Waals surface area contributed by atoms with Crippen LogP contribution >= 0.6 is 0 Å². The molecule has 1 saturated heterocycles. The first-order chi connectivity index (χ1) is 14.0. The highest BCUT2D eigenvalue weighted by Crippen LogP contribution is 2.35. The van der Waals surface area contributed by atoms with Gasteiger partial charge in [-0.1, -0.05) is 12.1 Å². The van der Waals surface area contributed by atoms with Crippen molar-refractivity contribution in [3.05, 3.63) is 65.6 Å². The lowest BCUT2D eigenvalue weighted by Crippen LogP contribution is -2.46. The third-order valence-corrected chi connectivity index (χ3v) is 5.34. The van der Waals surface area contributed by atoms with Gasteiger partial charge in [-0.3, -0.25) is 9.59 Å². The second-order valence-electron chi connectivity index (χ2n) is 7.16. The third-order valence-electron chi connectivity index (χ3n) is 5.34. The summed E-state index contributed by atoms with van der Waals surface area (Å²) in [5.41, 5.74) is 1.71. The molecule has 4 rings (SSSR count). The van der Waals surface area contributed by atoms with E-state index in [1.807, 2.05) is 11.9 Å². The van der Waals surface area contributed by atoms with E-state index < -0.39 is 5.91 Å². The summed E-state index contributed by atoms with van der Waals surface area (Å²) in [6, 6.07) is 12.5. The van der Waals surface area contributed by atoms with Gasteiger partial charge in [0.1, 0.15) is 17.3 Å². The summed E-state index contributed by atoms with van der Waals surface area (Å²) in [6.07, 6.45) is 0. The van der Waals surface area contributed by atoms with Crippen molar-refractivity contribution in [1.29, 1.82) is 0 Å². The Labute approximate surface area is 168 Å². The standard InChI is InChI=1S/C22H22FN3O3/c1-24-11-13-25(14-12-24)20-19(15-3-5-16(23)6-4-15)21(27)26(22(20)28)17-7-9-18(29-2)10-8-17/h3-10H,11-14H2,1-2H3. The summed E-state index contributed by atoms with van der Waals surface area (Å²) in [5, 5.41) is 0. The molecule has 2 aromatic rings. The van der Waals surface area contributed by atoms with Crippen molar-refractivity contribution in [3.8, 4) is 5.75 Å². The highest BCUT2D eigenvalue weighted by atomic mass is 19.1.